The first-order valence-electron chi connectivity index (χ1n) is 6.24. The Morgan fingerprint density at radius 1 is 0.950 bits per heavy atom. The van der Waals surface area contributed by atoms with Crippen LogP contribution in [0.15, 0.2) is 78.0 Å². The summed E-state index contributed by atoms with van der Waals surface area (Å²) in [6.07, 6.45) is 0. The van der Waals surface area contributed by atoms with Crippen molar-refractivity contribution in [2.75, 3.05) is 0 Å². The Balaban J connectivity index is 2.38. The zero-order chi connectivity index (χ0) is 14.4. The number of oxime groups is 1. The molecule has 0 unspecified atom stereocenters. The highest BCUT2D eigenvalue weighted by Gasteiger charge is 2.09. The minimum Gasteiger partial charge on any atom is -0.313 e. The van der Waals surface area contributed by atoms with E-state index in [1.807, 2.05) is 60.7 Å². The fraction of sp³-hybridized carbons (Fsp3) is 0.0588. The Hall–Kier alpha value is -2.68. The fourth-order valence-corrected chi connectivity index (χ4v) is 1.63. The van der Waals surface area contributed by atoms with Gasteiger partial charge in [-0.1, -0.05) is 72.4 Å². The molecule has 3 heteroatoms. The molecule has 0 radical (unpaired) electrons. The van der Waals surface area contributed by atoms with Crippen LogP contribution in [-0.4, -0.2) is 11.7 Å². The largest absolute Gasteiger partial charge is 0.360 e. The second kappa shape index (κ2) is 6.48. The number of benzene rings is 2. The van der Waals surface area contributed by atoms with Crippen molar-refractivity contribution < 1.29 is 9.63 Å². The molecule has 0 atom stereocenters. The van der Waals surface area contributed by atoms with Gasteiger partial charge >= 0.3 is 5.97 Å². The summed E-state index contributed by atoms with van der Waals surface area (Å²) >= 11 is 0. The lowest BCUT2D eigenvalue weighted by atomic mass is 10.0. The third-order valence-corrected chi connectivity index (χ3v) is 2.66. The zero-order valence-corrected chi connectivity index (χ0v) is 11.2. The van der Waals surface area contributed by atoms with Crippen molar-refractivity contribution >= 4 is 11.7 Å². The SMILES string of the molecule is C=C(C)C(=O)ON=C(c1ccccc1)c1ccccc1. The summed E-state index contributed by atoms with van der Waals surface area (Å²) in [6.45, 7) is 5.12. The van der Waals surface area contributed by atoms with Gasteiger partial charge in [-0.3, -0.25) is 0 Å². The van der Waals surface area contributed by atoms with Crippen LogP contribution >= 0.6 is 0 Å². The lowest BCUT2D eigenvalue weighted by Crippen LogP contribution is -2.07. The molecule has 2 rings (SSSR count). The van der Waals surface area contributed by atoms with Crippen molar-refractivity contribution in [3.63, 3.8) is 0 Å². The lowest BCUT2D eigenvalue weighted by molar-refractivity contribution is -0.138. The molecular formula is C17H15NO2. The smallest absolute Gasteiger partial charge is 0.313 e. The monoisotopic (exact) mass is 265 g/mol. The minimum atomic E-state index is -0.533. The van der Waals surface area contributed by atoms with E-state index < -0.39 is 5.97 Å². The molecule has 0 amide bonds. The quantitative estimate of drug-likeness (QED) is 0.367. The summed E-state index contributed by atoms with van der Waals surface area (Å²) < 4.78 is 0. The summed E-state index contributed by atoms with van der Waals surface area (Å²) in [5.74, 6) is -0.533. The Bertz CT molecular complexity index is 589. The van der Waals surface area contributed by atoms with E-state index in [0.29, 0.717) is 11.3 Å². The van der Waals surface area contributed by atoms with E-state index in [4.69, 9.17) is 4.84 Å². The van der Waals surface area contributed by atoms with Gasteiger partial charge in [0.25, 0.3) is 0 Å². The third kappa shape index (κ3) is 3.42. The number of carbonyl (C=O) groups excluding carboxylic acids is 1. The predicted octanol–water partition coefficient (Wildman–Crippen LogP) is 3.56. The molecular weight excluding hydrogens is 250 g/mol. The number of nitrogens with zero attached hydrogens (tertiary/aromatic N) is 1. The molecule has 3 nitrogen and oxygen atoms in total. The van der Waals surface area contributed by atoms with Gasteiger partial charge in [0.1, 0.15) is 5.71 Å². The van der Waals surface area contributed by atoms with Crippen LogP contribution in [0.5, 0.6) is 0 Å². The van der Waals surface area contributed by atoms with Gasteiger partial charge in [-0.15, -0.1) is 0 Å². The van der Waals surface area contributed by atoms with Crippen molar-refractivity contribution in [3.05, 3.63) is 83.9 Å². The second-order valence-electron chi connectivity index (χ2n) is 4.33. The number of hydrogen-bond donors (Lipinski definition) is 0. The van der Waals surface area contributed by atoms with Gasteiger partial charge in [0, 0.05) is 16.7 Å². The van der Waals surface area contributed by atoms with E-state index in [2.05, 4.69) is 11.7 Å². The zero-order valence-electron chi connectivity index (χ0n) is 11.2. The van der Waals surface area contributed by atoms with E-state index in [0.717, 1.165) is 11.1 Å². The molecule has 2 aromatic rings. The highest BCUT2D eigenvalue weighted by atomic mass is 16.7. The van der Waals surface area contributed by atoms with Crippen LogP contribution in [0.3, 0.4) is 0 Å². The number of rotatable bonds is 4. The Morgan fingerprint density at radius 3 is 1.80 bits per heavy atom. The molecule has 0 N–H and O–H groups in total. The minimum absolute atomic E-state index is 0.314. The highest BCUT2D eigenvalue weighted by Crippen LogP contribution is 2.11. The van der Waals surface area contributed by atoms with Crippen LogP contribution in [-0.2, 0) is 9.63 Å². The molecule has 0 heterocycles. The maximum Gasteiger partial charge on any atom is 0.360 e. The standard InChI is InChI=1S/C17H15NO2/c1-13(2)17(19)20-18-16(14-9-5-3-6-10-14)15-11-7-4-8-12-15/h3-12H,1H2,2H3. The summed E-state index contributed by atoms with van der Waals surface area (Å²) in [6, 6.07) is 19.2. The molecule has 0 saturated heterocycles. The topological polar surface area (TPSA) is 38.7 Å². The van der Waals surface area contributed by atoms with Crippen molar-refractivity contribution in [1.29, 1.82) is 0 Å². The van der Waals surface area contributed by atoms with Crippen molar-refractivity contribution in [2.45, 2.75) is 6.92 Å². The first-order chi connectivity index (χ1) is 9.68. The Labute approximate surface area is 118 Å². The van der Waals surface area contributed by atoms with Gasteiger partial charge in [0.2, 0.25) is 0 Å². The van der Waals surface area contributed by atoms with E-state index in [1.165, 1.54) is 0 Å². The first-order valence-corrected chi connectivity index (χ1v) is 6.24. The maximum absolute atomic E-state index is 11.5. The average molecular weight is 265 g/mol. The second-order valence-corrected chi connectivity index (χ2v) is 4.33. The molecule has 0 bridgehead atoms. The fourth-order valence-electron chi connectivity index (χ4n) is 1.63. The molecule has 0 aromatic heterocycles. The lowest BCUT2D eigenvalue weighted by Gasteiger charge is -2.06. The molecule has 100 valence electrons. The van der Waals surface area contributed by atoms with Crippen molar-refractivity contribution in [2.24, 2.45) is 5.16 Å². The number of carbonyl (C=O) groups is 1. The van der Waals surface area contributed by atoms with Crippen LogP contribution in [0.2, 0.25) is 0 Å². The van der Waals surface area contributed by atoms with Crippen molar-refractivity contribution in [3.8, 4) is 0 Å². The molecule has 0 fully saturated rings. The predicted molar refractivity (Wildman–Crippen MR) is 79.4 cm³/mol. The Morgan fingerprint density at radius 2 is 1.40 bits per heavy atom. The molecule has 0 saturated carbocycles. The van der Waals surface area contributed by atoms with E-state index in [9.17, 15) is 4.79 Å². The molecule has 0 aliphatic heterocycles. The molecule has 20 heavy (non-hydrogen) atoms. The van der Waals surface area contributed by atoms with Gasteiger partial charge in [0.05, 0.1) is 0 Å². The van der Waals surface area contributed by atoms with Crippen LogP contribution in [0.25, 0.3) is 0 Å². The molecule has 0 aliphatic carbocycles. The van der Waals surface area contributed by atoms with Gasteiger partial charge in [-0.05, 0) is 6.92 Å². The van der Waals surface area contributed by atoms with Gasteiger partial charge < -0.3 is 4.84 Å². The van der Waals surface area contributed by atoms with E-state index >= 15 is 0 Å². The summed E-state index contributed by atoms with van der Waals surface area (Å²) in [5, 5.41) is 3.99. The van der Waals surface area contributed by atoms with Gasteiger partial charge in [-0.2, -0.15) is 0 Å². The Kier molecular flexibility index (Phi) is 4.45. The van der Waals surface area contributed by atoms with Crippen LogP contribution in [0, 0.1) is 0 Å². The third-order valence-electron chi connectivity index (χ3n) is 2.66. The summed E-state index contributed by atoms with van der Waals surface area (Å²) in [5.41, 5.74) is 2.69. The highest BCUT2D eigenvalue weighted by molar-refractivity contribution is 6.12. The average Bonchev–Trinajstić information content (AvgIpc) is 2.49. The molecule has 0 aliphatic rings. The maximum atomic E-state index is 11.5. The van der Waals surface area contributed by atoms with Gasteiger partial charge in [-0.25, -0.2) is 4.79 Å². The van der Waals surface area contributed by atoms with Crippen LogP contribution in [0.1, 0.15) is 18.1 Å². The summed E-state index contributed by atoms with van der Waals surface area (Å²) in [4.78, 5) is 16.4. The molecule has 0 spiro atoms. The van der Waals surface area contributed by atoms with Crippen molar-refractivity contribution in [1.82, 2.24) is 0 Å². The van der Waals surface area contributed by atoms with Gasteiger partial charge in [0.15, 0.2) is 0 Å². The number of hydrogen-bond acceptors (Lipinski definition) is 3. The van der Waals surface area contributed by atoms with Crippen LogP contribution in [0.4, 0.5) is 0 Å². The van der Waals surface area contributed by atoms with Crippen LogP contribution < -0.4 is 0 Å². The first kappa shape index (κ1) is 13.7. The van der Waals surface area contributed by atoms with E-state index in [1.54, 1.807) is 6.92 Å². The summed E-state index contributed by atoms with van der Waals surface area (Å²) in [7, 11) is 0. The normalized spacial score (nSPS) is 9.65. The van der Waals surface area contributed by atoms with E-state index in [-0.39, 0.29) is 0 Å². The molecule has 2 aromatic carbocycles.